The van der Waals surface area contributed by atoms with E-state index in [-0.39, 0.29) is 0 Å². The van der Waals surface area contributed by atoms with Crippen LogP contribution < -0.4 is 0 Å². The summed E-state index contributed by atoms with van der Waals surface area (Å²) in [4.78, 5) is 0. The Kier molecular flexibility index (Phi) is 25.0. The van der Waals surface area contributed by atoms with Crippen LogP contribution in [0.25, 0.3) is 0 Å². The lowest BCUT2D eigenvalue weighted by Gasteiger charge is -2.17. The molecule has 0 aromatic carbocycles. The first-order valence-corrected chi connectivity index (χ1v) is 13.8. The Balaban J connectivity index is 3.68. The number of unbranched alkanes of at least 4 members (excludes halogenated alkanes) is 18. The largest absolute Gasteiger partial charge is 0.0654 e. The van der Waals surface area contributed by atoms with Crippen LogP contribution in [-0.2, 0) is 0 Å². The third-order valence-corrected chi connectivity index (χ3v) is 6.65. The van der Waals surface area contributed by atoms with Gasteiger partial charge in [0.25, 0.3) is 0 Å². The summed E-state index contributed by atoms with van der Waals surface area (Å²) in [5, 5.41) is 0. The highest BCUT2D eigenvalue weighted by molar-refractivity contribution is 4.62. The van der Waals surface area contributed by atoms with Crippen molar-refractivity contribution < 1.29 is 0 Å². The molecule has 0 bridgehead atoms. The normalized spacial score (nSPS) is 12.5. The monoisotopic (exact) mass is 394 g/mol. The van der Waals surface area contributed by atoms with Gasteiger partial charge < -0.3 is 0 Å². The third-order valence-electron chi connectivity index (χ3n) is 6.65. The lowest BCUT2D eigenvalue weighted by Crippen LogP contribution is -2.01. The van der Waals surface area contributed by atoms with Crippen molar-refractivity contribution in [2.45, 2.75) is 175 Å². The molecule has 0 aliphatic carbocycles. The topological polar surface area (TPSA) is 0 Å². The maximum absolute atomic E-state index is 2.33. The maximum Gasteiger partial charge on any atom is -0.0414 e. The predicted octanol–water partition coefficient (Wildman–Crippen LogP) is 11.0. The zero-order chi connectivity index (χ0) is 20.5. The van der Waals surface area contributed by atoms with E-state index in [0.29, 0.717) is 0 Å². The molecule has 0 radical (unpaired) electrons. The van der Waals surface area contributed by atoms with E-state index < -0.39 is 0 Å². The van der Waals surface area contributed by atoms with Gasteiger partial charge in [0.05, 0.1) is 0 Å². The summed E-state index contributed by atoms with van der Waals surface area (Å²) in [5.41, 5.74) is 0. The van der Waals surface area contributed by atoms with Gasteiger partial charge in [0, 0.05) is 0 Å². The summed E-state index contributed by atoms with van der Waals surface area (Å²) >= 11 is 0. The first kappa shape index (κ1) is 28.0. The second-order valence-electron chi connectivity index (χ2n) is 9.60. The van der Waals surface area contributed by atoms with Crippen LogP contribution in [0, 0.1) is 5.92 Å². The van der Waals surface area contributed by atoms with Crippen LogP contribution in [0.4, 0.5) is 0 Å². The standard InChI is InChI=1S/C28H58/c1-4-7-10-13-15-16-17-19-21-24-27-28(25-22-12-9-6-3)26-23-20-18-14-11-8-5-2/h28H,4-27H2,1-3H3. The summed E-state index contributed by atoms with van der Waals surface area (Å²) in [6.45, 7) is 6.96. The van der Waals surface area contributed by atoms with Crippen molar-refractivity contribution in [1.29, 1.82) is 0 Å². The minimum absolute atomic E-state index is 1.04. The third kappa shape index (κ3) is 22.3. The highest BCUT2D eigenvalue weighted by Crippen LogP contribution is 2.24. The smallest absolute Gasteiger partial charge is 0.0414 e. The maximum atomic E-state index is 2.33. The Morgan fingerprint density at radius 3 is 0.786 bits per heavy atom. The summed E-state index contributed by atoms with van der Waals surface area (Å²) in [5.74, 6) is 1.04. The molecular formula is C28H58. The number of rotatable bonds is 24. The van der Waals surface area contributed by atoms with Crippen molar-refractivity contribution in [3.8, 4) is 0 Å². The van der Waals surface area contributed by atoms with Crippen LogP contribution in [0.2, 0.25) is 0 Å². The zero-order valence-electron chi connectivity index (χ0n) is 20.5. The van der Waals surface area contributed by atoms with Crippen molar-refractivity contribution >= 4 is 0 Å². The molecule has 0 aromatic heterocycles. The molecular weight excluding hydrogens is 336 g/mol. The van der Waals surface area contributed by atoms with Gasteiger partial charge in [0.2, 0.25) is 0 Å². The van der Waals surface area contributed by atoms with Crippen LogP contribution in [0.5, 0.6) is 0 Å². The van der Waals surface area contributed by atoms with Gasteiger partial charge in [0.15, 0.2) is 0 Å². The second-order valence-corrected chi connectivity index (χ2v) is 9.60. The quantitative estimate of drug-likeness (QED) is 0.143. The van der Waals surface area contributed by atoms with E-state index >= 15 is 0 Å². The Morgan fingerprint density at radius 2 is 0.500 bits per heavy atom. The van der Waals surface area contributed by atoms with Crippen molar-refractivity contribution in [3.05, 3.63) is 0 Å². The minimum Gasteiger partial charge on any atom is -0.0654 e. The fraction of sp³-hybridized carbons (Fsp3) is 1.00. The molecule has 0 aliphatic heterocycles. The van der Waals surface area contributed by atoms with Gasteiger partial charge in [-0.1, -0.05) is 175 Å². The Bertz CT molecular complexity index is 257. The molecule has 170 valence electrons. The fourth-order valence-corrected chi connectivity index (χ4v) is 4.60. The molecule has 0 saturated carbocycles. The highest BCUT2D eigenvalue weighted by atomic mass is 14.1. The van der Waals surface area contributed by atoms with Crippen molar-refractivity contribution in [1.82, 2.24) is 0 Å². The number of hydrogen-bond donors (Lipinski definition) is 0. The Morgan fingerprint density at radius 1 is 0.286 bits per heavy atom. The van der Waals surface area contributed by atoms with E-state index in [2.05, 4.69) is 20.8 Å². The average molecular weight is 395 g/mol. The first-order chi connectivity index (χ1) is 13.8. The molecule has 0 spiro atoms. The van der Waals surface area contributed by atoms with E-state index in [4.69, 9.17) is 0 Å². The van der Waals surface area contributed by atoms with E-state index in [0.717, 1.165) is 5.92 Å². The molecule has 0 heterocycles. The van der Waals surface area contributed by atoms with Crippen molar-refractivity contribution in [2.24, 2.45) is 5.92 Å². The number of hydrogen-bond acceptors (Lipinski definition) is 0. The summed E-state index contributed by atoms with van der Waals surface area (Å²) < 4.78 is 0. The van der Waals surface area contributed by atoms with Gasteiger partial charge in [-0.25, -0.2) is 0 Å². The molecule has 0 nitrogen and oxygen atoms in total. The molecule has 0 fully saturated rings. The zero-order valence-corrected chi connectivity index (χ0v) is 20.5. The molecule has 0 N–H and O–H groups in total. The molecule has 0 heteroatoms. The molecule has 1 atom stereocenters. The van der Waals surface area contributed by atoms with Crippen LogP contribution in [0.3, 0.4) is 0 Å². The lowest BCUT2D eigenvalue weighted by atomic mass is 9.89. The molecule has 0 saturated heterocycles. The van der Waals surface area contributed by atoms with Crippen molar-refractivity contribution in [2.75, 3.05) is 0 Å². The summed E-state index contributed by atoms with van der Waals surface area (Å²) in [6.07, 6.45) is 35.3. The molecule has 0 rings (SSSR count). The van der Waals surface area contributed by atoms with E-state index in [1.165, 1.54) is 154 Å². The van der Waals surface area contributed by atoms with Crippen LogP contribution >= 0.6 is 0 Å². The summed E-state index contributed by atoms with van der Waals surface area (Å²) in [7, 11) is 0. The van der Waals surface area contributed by atoms with Crippen LogP contribution in [-0.4, -0.2) is 0 Å². The van der Waals surface area contributed by atoms with Gasteiger partial charge in [-0.2, -0.15) is 0 Å². The van der Waals surface area contributed by atoms with E-state index in [1.807, 2.05) is 0 Å². The lowest BCUT2D eigenvalue weighted by molar-refractivity contribution is 0.366. The van der Waals surface area contributed by atoms with E-state index in [1.54, 1.807) is 0 Å². The molecule has 28 heavy (non-hydrogen) atoms. The SMILES string of the molecule is CCCCCCCCCCCCC(CCCCCC)CCCCCCCCC. The fourth-order valence-electron chi connectivity index (χ4n) is 4.60. The van der Waals surface area contributed by atoms with Gasteiger partial charge in [-0.3, -0.25) is 0 Å². The predicted molar refractivity (Wildman–Crippen MR) is 131 cm³/mol. The van der Waals surface area contributed by atoms with Crippen molar-refractivity contribution in [3.63, 3.8) is 0 Å². The second kappa shape index (κ2) is 25.0. The average Bonchev–Trinajstić information content (AvgIpc) is 2.71. The van der Waals surface area contributed by atoms with Gasteiger partial charge in [-0.15, -0.1) is 0 Å². The minimum atomic E-state index is 1.04. The van der Waals surface area contributed by atoms with Crippen LogP contribution in [0.1, 0.15) is 175 Å². The molecule has 0 aromatic rings. The highest BCUT2D eigenvalue weighted by Gasteiger charge is 2.08. The van der Waals surface area contributed by atoms with Crippen LogP contribution in [0.15, 0.2) is 0 Å². The summed E-state index contributed by atoms with van der Waals surface area (Å²) in [6, 6.07) is 0. The van der Waals surface area contributed by atoms with Gasteiger partial charge in [-0.05, 0) is 5.92 Å². The Labute approximate surface area is 181 Å². The van der Waals surface area contributed by atoms with Gasteiger partial charge >= 0.3 is 0 Å². The molecule has 0 aliphatic rings. The molecule has 0 amide bonds. The molecule has 1 unspecified atom stereocenters. The van der Waals surface area contributed by atoms with Gasteiger partial charge in [0.1, 0.15) is 0 Å². The first-order valence-electron chi connectivity index (χ1n) is 13.8. The Hall–Kier alpha value is 0. The van der Waals surface area contributed by atoms with E-state index in [9.17, 15) is 0 Å².